The highest BCUT2D eigenvalue weighted by Crippen LogP contribution is 2.27. The van der Waals surface area contributed by atoms with Gasteiger partial charge >= 0.3 is 5.95 Å². The third-order valence-electron chi connectivity index (χ3n) is 3.47. The summed E-state index contributed by atoms with van der Waals surface area (Å²) in [5, 5.41) is 11.1. The van der Waals surface area contributed by atoms with E-state index in [4.69, 9.17) is 27.6 Å². The molecule has 0 aliphatic heterocycles. The molecule has 0 saturated heterocycles. The van der Waals surface area contributed by atoms with E-state index in [-0.39, 0.29) is 5.95 Å². The first kappa shape index (κ1) is 16.6. The van der Waals surface area contributed by atoms with Crippen molar-refractivity contribution in [2.45, 2.75) is 13.5 Å². The van der Waals surface area contributed by atoms with E-state index in [0.717, 1.165) is 11.1 Å². The van der Waals surface area contributed by atoms with Crippen LogP contribution in [0.1, 0.15) is 18.2 Å². The average molecular weight is 361 g/mol. The molecule has 122 valence electrons. The molecule has 3 aromatic rings. The minimum atomic E-state index is -0.252. The van der Waals surface area contributed by atoms with Crippen LogP contribution in [0.2, 0.25) is 10.0 Å². The predicted octanol–water partition coefficient (Wildman–Crippen LogP) is 5.36. The van der Waals surface area contributed by atoms with Gasteiger partial charge in [0.1, 0.15) is 0 Å². The Balaban J connectivity index is 1.84. The lowest BCUT2D eigenvalue weighted by Crippen LogP contribution is -1.97. The molecular weight excluding hydrogens is 347 g/mol. The molecule has 1 N–H and O–H groups in total. The number of aromatic hydroxyl groups is 1. The zero-order chi connectivity index (χ0) is 17.1. The molecule has 4 nitrogen and oxygen atoms in total. The maximum atomic E-state index is 10.00. The molecule has 1 heterocycles. The molecule has 0 radical (unpaired) electrons. The van der Waals surface area contributed by atoms with Crippen LogP contribution in [0.3, 0.4) is 0 Å². The van der Waals surface area contributed by atoms with Crippen LogP contribution in [0.15, 0.2) is 57.9 Å². The molecule has 0 atom stereocenters. The number of hydrogen-bond donors (Lipinski definition) is 1. The fourth-order valence-electron chi connectivity index (χ4n) is 2.18. The quantitative estimate of drug-likeness (QED) is 0.636. The Kier molecular flexibility index (Phi) is 4.88. The van der Waals surface area contributed by atoms with Gasteiger partial charge in [0.05, 0.1) is 12.3 Å². The molecule has 1 aromatic heterocycles. The van der Waals surface area contributed by atoms with E-state index in [9.17, 15) is 5.11 Å². The molecule has 0 amide bonds. The zero-order valence-corrected chi connectivity index (χ0v) is 14.3. The molecule has 0 aliphatic carbocycles. The molecular formula is C18H14Cl2N2O2. The van der Waals surface area contributed by atoms with E-state index >= 15 is 0 Å². The Bertz CT molecular complexity index is 889. The lowest BCUT2D eigenvalue weighted by atomic mass is 10.2. The summed E-state index contributed by atoms with van der Waals surface area (Å²) >= 11 is 12.0. The van der Waals surface area contributed by atoms with Crippen LogP contribution in [0, 0.1) is 0 Å². The maximum Gasteiger partial charge on any atom is 0.312 e. The number of rotatable bonds is 4. The second-order valence-corrected chi connectivity index (χ2v) is 6.02. The van der Waals surface area contributed by atoms with Crippen LogP contribution in [0.5, 0.6) is 5.95 Å². The van der Waals surface area contributed by atoms with Crippen molar-refractivity contribution in [3.8, 4) is 17.4 Å². The second-order valence-electron chi connectivity index (χ2n) is 5.18. The number of hydrogen-bond acceptors (Lipinski definition) is 4. The van der Waals surface area contributed by atoms with E-state index in [1.165, 1.54) is 0 Å². The zero-order valence-electron chi connectivity index (χ0n) is 12.8. The van der Waals surface area contributed by atoms with Gasteiger partial charge in [0.15, 0.2) is 5.69 Å². The molecule has 2 aromatic carbocycles. The standard InChI is InChI=1S/C18H14Cl2N2O2/c1-11(21-10-13-7-8-14(19)9-15(13)20)16-18(23)24-17(22-16)12-5-3-2-4-6-12/h2-9,23H,10H2,1H3. The Labute approximate surface area is 149 Å². The first-order chi connectivity index (χ1) is 11.5. The molecule has 0 fully saturated rings. The smallest absolute Gasteiger partial charge is 0.312 e. The van der Waals surface area contributed by atoms with Gasteiger partial charge in [0, 0.05) is 15.6 Å². The number of aromatic nitrogens is 1. The molecule has 24 heavy (non-hydrogen) atoms. The summed E-state index contributed by atoms with van der Waals surface area (Å²) in [6.07, 6.45) is 0. The van der Waals surface area contributed by atoms with Crippen molar-refractivity contribution in [1.29, 1.82) is 0 Å². The molecule has 0 aliphatic rings. The van der Waals surface area contributed by atoms with E-state index in [1.54, 1.807) is 19.1 Å². The van der Waals surface area contributed by atoms with Crippen LogP contribution < -0.4 is 0 Å². The summed E-state index contributed by atoms with van der Waals surface area (Å²) in [6.45, 7) is 2.12. The van der Waals surface area contributed by atoms with Gasteiger partial charge in [-0.1, -0.05) is 47.5 Å². The molecule has 0 unspecified atom stereocenters. The van der Waals surface area contributed by atoms with Crippen LogP contribution in [0.25, 0.3) is 11.5 Å². The Morgan fingerprint density at radius 3 is 2.62 bits per heavy atom. The lowest BCUT2D eigenvalue weighted by Gasteiger charge is -2.02. The van der Waals surface area contributed by atoms with E-state index in [2.05, 4.69) is 9.98 Å². The highest BCUT2D eigenvalue weighted by molar-refractivity contribution is 6.35. The van der Waals surface area contributed by atoms with E-state index < -0.39 is 0 Å². The average Bonchev–Trinajstić information content (AvgIpc) is 2.96. The first-order valence-corrected chi connectivity index (χ1v) is 8.01. The Morgan fingerprint density at radius 1 is 1.17 bits per heavy atom. The fourth-order valence-corrected chi connectivity index (χ4v) is 2.65. The van der Waals surface area contributed by atoms with Gasteiger partial charge in [-0.3, -0.25) is 4.99 Å². The van der Waals surface area contributed by atoms with Crippen molar-refractivity contribution in [2.24, 2.45) is 4.99 Å². The second kappa shape index (κ2) is 7.07. The van der Waals surface area contributed by atoms with Crippen LogP contribution in [-0.2, 0) is 6.54 Å². The molecule has 0 bridgehead atoms. The van der Waals surface area contributed by atoms with Gasteiger partial charge in [-0.25, -0.2) is 4.98 Å². The molecule has 6 heteroatoms. The minimum Gasteiger partial charge on any atom is -0.479 e. The number of nitrogens with zero attached hydrogens (tertiary/aromatic N) is 2. The number of benzene rings is 2. The van der Waals surface area contributed by atoms with Gasteiger partial charge in [-0.2, -0.15) is 0 Å². The van der Waals surface area contributed by atoms with E-state index in [1.807, 2.05) is 36.4 Å². The van der Waals surface area contributed by atoms with Gasteiger partial charge in [0.25, 0.3) is 0 Å². The monoisotopic (exact) mass is 360 g/mol. The first-order valence-electron chi connectivity index (χ1n) is 7.25. The summed E-state index contributed by atoms with van der Waals surface area (Å²) in [7, 11) is 0. The Hall–Kier alpha value is -2.30. The van der Waals surface area contributed by atoms with Gasteiger partial charge in [-0.15, -0.1) is 0 Å². The van der Waals surface area contributed by atoms with Crippen molar-refractivity contribution >= 4 is 28.9 Å². The van der Waals surface area contributed by atoms with Gasteiger partial charge in [0.2, 0.25) is 5.89 Å². The SMILES string of the molecule is CC(=NCc1ccc(Cl)cc1Cl)c1nc(-c2ccccc2)oc1O. The van der Waals surface area contributed by atoms with Crippen molar-refractivity contribution in [3.05, 3.63) is 69.8 Å². The molecule has 0 spiro atoms. The topological polar surface area (TPSA) is 58.6 Å². The van der Waals surface area contributed by atoms with Crippen LogP contribution >= 0.6 is 23.2 Å². The van der Waals surface area contributed by atoms with Crippen LogP contribution in [-0.4, -0.2) is 15.8 Å². The van der Waals surface area contributed by atoms with Crippen molar-refractivity contribution < 1.29 is 9.52 Å². The minimum absolute atomic E-state index is 0.252. The van der Waals surface area contributed by atoms with Crippen LogP contribution in [0.4, 0.5) is 0 Å². The van der Waals surface area contributed by atoms with E-state index in [0.29, 0.717) is 33.9 Å². The van der Waals surface area contributed by atoms with Crippen molar-refractivity contribution in [3.63, 3.8) is 0 Å². The lowest BCUT2D eigenvalue weighted by molar-refractivity contribution is 0.336. The third-order valence-corrected chi connectivity index (χ3v) is 4.06. The summed E-state index contributed by atoms with van der Waals surface area (Å²) in [4.78, 5) is 8.76. The molecule has 3 rings (SSSR count). The molecule has 0 saturated carbocycles. The summed E-state index contributed by atoms with van der Waals surface area (Å²) in [5.41, 5.74) is 2.50. The maximum absolute atomic E-state index is 10.00. The van der Waals surface area contributed by atoms with Gasteiger partial charge in [-0.05, 0) is 36.8 Å². The summed E-state index contributed by atoms with van der Waals surface area (Å²) in [5.74, 6) is 0.0967. The largest absolute Gasteiger partial charge is 0.479 e. The summed E-state index contributed by atoms with van der Waals surface area (Å²) < 4.78 is 5.33. The highest BCUT2D eigenvalue weighted by Gasteiger charge is 2.16. The summed E-state index contributed by atoms with van der Waals surface area (Å²) in [6, 6.07) is 14.6. The number of halogens is 2. The number of aliphatic imine (C=N–C) groups is 1. The Morgan fingerprint density at radius 2 is 1.92 bits per heavy atom. The van der Waals surface area contributed by atoms with Crippen molar-refractivity contribution in [2.75, 3.05) is 0 Å². The van der Waals surface area contributed by atoms with Crippen molar-refractivity contribution in [1.82, 2.24) is 4.98 Å². The third kappa shape index (κ3) is 3.61. The fraction of sp³-hybridized carbons (Fsp3) is 0.111. The number of oxazole rings is 1. The van der Waals surface area contributed by atoms with Gasteiger partial charge < -0.3 is 9.52 Å². The normalized spacial score (nSPS) is 11.7. The predicted molar refractivity (Wildman–Crippen MR) is 96.0 cm³/mol. The highest BCUT2D eigenvalue weighted by atomic mass is 35.5.